The van der Waals surface area contributed by atoms with Gasteiger partial charge in [-0.25, -0.2) is 0 Å². The van der Waals surface area contributed by atoms with E-state index in [1.54, 1.807) is 6.92 Å². The van der Waals surface area contributed by atoms with Crippen LogP contribution in [-0.4, -0.2) is 42.3 Å². The summed E-state index contributed by atoms with van der Waals surface area (Å²) in [6, 6.07) is 3.11. The van der Waals surface area contributed by atoms with Crippen molar-refractivity contribution in [2.45, 2.75) is 13.3 Å². The van der Waals surface area contributed by atoms with Gasteiger partial charge in [0, 0.05) is 25.6 Å². The average molecular weight is 352 g/mol. The molecule has 1 fully saturated rings. The Morgan fingerprint density at radius 1 is 1.40 bits per heavy atom. The highest BCUT2D eigenvalue weighted by Crippen LogP contribution is 2.29. The van der Waals surface area contributed by atoms with Crippen LogP contribution in [0.2, 0.25) is 0 Å². The number of nitro groups is 1. The van der Waals surface area contributed by atoms with E-state index in [4.69, 9.17) is 0 Å². The number of nitrogens with one attached hydrogen (secondary N) is 2. The molecule has 10 heteroatoms. The number of hydrogen-bond donors (Lipinski definition) is 2. The van der Waals surface area contributed by atoms with Crippen LogP contribution in [0.15, 0.2) is 18.2 Å². The van der Waals surface area contributed by atoms with Crippen molar-refractivity contribution < 1.29 is 23.7 Å². The molecule has 0 radical (unpaired) electrons. The van der Waals surface area contributed by atoms with E-state index in [1.165, 1.54) is 11.0 Å². The van der Waals surface area contributed by atoms with Crippen molar-refractivity contribution >= 4 is 29.1 Å². The molecule has 0 saturated carbocycles. The first-order valence-electron chi connectivity index (χ1n) is 7.62. The fourth-order valence-electron chi connectivity index (χ4n) is 2.51. The number of nitrogens with zero attached hydrogens (tertiary/aromatic N) is 2. The second kappa shape index (κ2) is 7.69. The van der Waals surface area contributed by atoms with E-state index < -0.39 is 34.2 Å². The molecular weight excluding hydrogens is 335 g/mol. The second-order valence-corrected chi connectivity index (χ2v) is 5.47. The van der Waals surface area contributed by atoms with E-state index >= 15 is 0 Å². The quantitative estimate of drug-likeness (QED) is 0.565. The predicted molar refractivity (Wildman–Crippen MR) is 85.2 cm³/mol. The number of hydrogen-bond acceptors (Lipinski definition) is 5. The first kappa shape index (κ1) is 18.3. The van der Waals surface area contributed by atoms with Gasteiger partial charge in [-0.05, 0) is 19.1 Å². The van der Waals surface area contributed by atoms with Gasteiger partial charge in [-0.1, -0.05) is 0 Å². The van der Waals surface area contributed by atoms with Gasteiger partial charge in [-0.3, -0.25) is 24.5 Å². The van der Waals surface area contributed by atoms with Gasteiger partial charge in [0.25, 0.3) is 0 Å². The van der Waals surface area contributed by atoms with E-state index in [0.717, 1.165) is 12.1 Å². The number of carbonyl (C=O) groups excluding carboxylic acids is 3. The Kier molecular flexibility index (Phi) is 5.63. The van der Waals surface area contributed by atoms with Crippen LogP contribution in [0.5, 0.6) is 0 Å². The first-order valence-corrected chi connectivity index (χ1v) is 7.62. The zero-order valence-electron chi connectivity index (χ0n) is 13.5. The van der Waals surface area contributed by atoms with Gasteiger partial charge < -0.3 is 15.5 Å². The summed E-state index contributed by atoms with van der Waals surface area (Å²) in [6.45, 7) is 1.99. The normalized spacial score (nSPS) is 16.6. The summed E-state index contributed by atoms with van der Waals surface area (Å²) in [5.74, 6) is -2.90. The molecule has 2 N–H and O–H groups in total. The molecule has 1 aromatic carbocycles. The van der Waals surface area contributed by atoms with Crippen LogP contribution in [0, 0.1) is 21.8 Å². The third kappa shape index (κ3) is 4.28. The van der Waals surface area contributed by atoms with Crippen LogP contribution in [0.25, 0.3) is 0 Å². The number of amides is 3. The van der Waals surface area contributed by atoms with Gasteiger partial charge in [0.15, 0.2) is 0 Å². The van der Waals surface area contributed by atoms with Gasteiger partial charge in [0.1, 0.15) is 0 Å². The molecule has 1 aromatic rings. The number of rotatable bonds is 6. The number of carbonyl (C=O) groups is 3. The van der Waals surface area contributed by atoms with Crippen LogP contribution >= 0.6 is 0 Å². The fourth-order valence-corrected chi connectivity index (χ4v) is 2.51. The van der Waals surface area contributed by atoms with E-state index in [1.807, 2.05) is 0 Å². The Hall–Kier alpha value is -3.04. The SMILES string of the molecule is CCNC(=O)CNC(=O)C1CC(=O)N(c2ccc(F)c([N+](=O)[O-])c2)C1. The molecule has 1 aliphatic rings. The van der Waals surface area contributed by atoms with Crippen molar-refractivity contribution in [3.8, 4) is 0 Å². The predicted octanol–water partition coefficient (Wildman–Crippen LogP) is 0.339. The van der Waals surface area contributed by atoms with Crippen LogP contribution in [-0.2, 0) is 14.4 Å². The van der Waals surface area contributed by atoms with E-state index in [0.29, 0.717) is 6.54 Å². The second-order valence-electron chi connectivity index (χ2n) is 5.47. The van der Waals surface area contributed by atoms with Crippen molar-refractivity contribution in [3.05, 3.63) is 34.1 Å². The molecule has 134 valence electrons. The van der Waals surface area contributed by atoms with Crippen LogP contribution in [0.3, 0.4) is 0 Å². The lowest BCUT2D eigenvalue weighted by Gasteiger charge is -2.16. The maximum atomic E-state index is 13.4. The topological polar surface area (TPSA) is 122 Å². The maximum absolute atomic E-state index is 13.4. The average Bonchev–Trinajstić information content (AvgIpc) is 2.95. The highest BCUT2D eigenvalue weighted by molar-refractivity contribution is 6.01. The Bertz CT molecular complexity index is 724. The summed E-state index contributed by atoms with van der Waals surface area (Å²) in [5, 5.41) is 15.8. The summed E-state index contributed by atoms with van der Waals surface area (Å²) >= 11 is 0. The minimum absolute atomic E-state index is 0.00283. The standard InChI is InChI=1S/C15H17FN4O5/c1-2-17-13(21)7-18-15(23)9-5-14(22)19(8-9)10-3-4-11(16)12(6-10)20(24)25/h3-4,6,9H,2,5,7-8H2,1H3,(H,17,21)(H,18,23). The molecule has 0 aliphatic carbocycles. The molecule has 0 bridgehead atoms. The van der Waals surface area contributed by atoms with Crippen LogP contribution < -0.4 is 15.5 Å². The van der Waals surface area contributed by atoms with Gasteiger partial charge in [0.05, 0.1) is 23.1 Å². The maximum Gasteiger partial charge on any atom is 0.306 e. The molecule has 3 amide bonds. The molecule has 1 saturated heterocycles. The Morgan fingerprint density at radius 2 is 2.12 bits per heavy atom. The summed E-state index contributed by atoms with van der Waals surface area (Å²) in [6.07, 6.45) is -0.0909. The van der Waals surface area contributed by atoms with E-state index in [9.17, 15) is 28.9 Å². The minimum Gasteiger partial charge on any atom is -0.355 e. The molecule has 1 atom stereocenters. The monoisotopic (exact) mass is 352 g/mol. The van der Waals surface area contributed by atoms with E-state index in [-0.39, 0.29) is 31.1 Å². The highest BCUT2D eigenvalue weighted by atomic mass is 19.1. The smallest absolute Gasteiger partial charge is 0.306 e. The van der Waals surface area contributed by atoms with Gasteiger partial charge in [0.2, 0.25) is 23.5 Å². The lowest BCUT2D eigenvalue weighted by molar-refractivity contribution is -0.387. The molecule has 1 heterocycles. The Balaban J connectivity index is 2.05. The molecule has 0 aromatic heterocycles. The molecule has 25 heavy (non-hydrogen) atoms. The van der Waals surface area contributed by atoms with Crippen molar-refractivity contribution in [1.82, 2.24) is 10.6 Å². The van der Waals surface area contributed by atoms with E-state index in [2.05, 4.69) is 10.6 Å². The minimum atomic E-state index is -1.00. The third-order valence-corrected chi connectivity index (χ3v) is 3.73. The largest absolute Gasteiger partial charge is 0.355 e. The Morgan fingerprint density at radius 3 is 2.76 bits per heavy atom. The van der Waals surface area contributed by atoms with Crippen molar-refractivity contribution in [2.24, 2.45) is 5.92 Å². The molecular formula is C15H17FN4O5. The van der Waals surface area contributed by atoms with Crippen molar-refractivity contribution in [2.75, 3.05) is 24.5 Å². The van der Waals surface area contributed by atoms with Gasteiger partial charge in [-0.2, -0.15) is 4.39 Å². The lowest BCUT2D eigenvalue weighted by Crippen LogP contribution is -2.40. The zero-order valence-corrected chi connectivity index (χ0v) is 13.5. The van der Waals surface area contributed by atoms with Gasteiger partial charge in [-0.15, -0.1) is 0 Å². The van der Waals surface area contributed by atoms with Crippen molar-refractivity contribution in [1.29, 1.82) is 0 Å². The zero-order chi connectivity index (χ0) is 18.6. The molecule has 1 unspecified atom stereocenters. The molecule has 2 rings (SSSR count). The van der Waals surface area contributed by atoms with Crippen LogP contribution in [0.4, 0.5) is 15.8 Å². The number of halogens is 1. The van der Waals surface area contributed by atoms with Gasteiger partial charge >= 0.3 is 5.69 Å². The molecule has 1 aliphatic heterocycles. The van der Waals surface area contributed by atoms with Crippen LogP contribution in [0.1, 0.15) is 13.3 Å². The third-order valence-electron chi connectivity index (χ3n) is 3.73. The number of nitro benzene ring substituents is 1. The lowest BCUT2D eigenvalue weighted by atomic mass is 10.1. The van der Waals surface area contributed by atoms with Crippen molar-refractivity contribution in [3.63, 3.8) is 0 Å². The molecule has 9 nitrogen and oxygen atoms in total. The molecule has 0 spiro atoms. The highest BCUT2D eigenvalue weighted by Gasteiger charge is 2.36. The fraction of sp³-hybridized carbons (Fsp3) is 0.400. The number of anilines is 1. The first-order chi connectivity index (χ1) is 11.8. The Labute approximate surface area is 142 Å². The summed E-state index contributed by atoms with van der Waals surface area (Å²) in [4.78, 5) is 46.6. The number of benzene rings is 1. The summed E-state index contributed by atoms with van der Waals surface area (Å²) in [5.41, 5.74) is -0.591. The summed E-state index contributed by atoms with van der Waals surface area (Å²) in [7, 11) is 0. The summed E-state index contributed by atoms with van der Waals surface area (Å²) < 4.78 is 13.4. The number of likely N-dealkylation sites (N-methyl/N-ethyl adjacent to an activating group) is 1.